The van der Waals surface area contributed by atoms with Crippen LogP contribution in [0.25, 0.3) is 6.08 Å². The van der Waals surface area contributed by atoms with Gasteiger partial charge < -0.3 is 10.1 Å². The molecule has 6 heteroatoms. The van der Waals surface area contributed by atoms with Gasteiger partial charge in [-0.25, -0.2) is 4.79 Å². The van der Waals surface area contributed by atoms with Crippen LogP contribution >= 0.6 is 23.2 Å². The van der Waals surface area contributed by atoms with Gasteiger partial charge in [-0.1, -0.05) is 47.5 Å². The molecule has 0 radical (unpaired) electrons. The van der Waals surface area contributed by atoms with Gasteiger partial charge in [-0.2, -0.15) is 0 Å². The smallest absolute Gasteiger partial charge is 0.331 e. The number of esters is 1. The number of carbonyl (C=O) groups excluding carboxylic acids is 2. The molecule has 0 bridgehead atoms. The fourth-order valence-corrected chi connectivity index (χ4v) is 2.03. The van der Waals surface area contributed by atoms with Crippen molar-refractivity contribution in [2.75, 3.05) is 6.61 Å². The zero-order valence-corrected chi connectivity index (χ0v) is 14.2. The van der Waals surface area contributed by atoms with Gasteiger partial charge in [0.1, 0.15) is 0 Å². The van der Waals surface area contributed by atoms with E-state index in [4.69, 9.17) is 27.9 Å². The van der Waals surface area contributed by atoms with Gasteiger partial charge in [-0.05, 0) is 41.5 Å². The molecule has 1 amide bonds. The van der Waals surface area contributed by atoms with Crippen LogP contribution in [0.1, 0.15) is 11.1 Å². The first-order valence-corrected chi connectivity index (χ1v) is 7.90. The summed E-state index contributed by atoms with van der Waals surface area (Å²) in [6.45, 7) is 0.00550. The van der Waals surface area contributed by atoms with Crippen molar-refractivity contribution < 1.29 is 14.3 Å². The summed E-state index contributed by atoms with van der Waals surface area (Å²) in [6.07, 6.45) is 2.85. The van der Waals surface area contributed by atoms with Crippen LogP contribution in [0.5, 0.6) is 0 Å². The van der Waals surface area contributed by atoms with Crippen LogP contribution in [-0.2, 0) is 20.9 Å². The van der Waals surface area contributed by atoms with Crippen molar-refractivity contribution in [1.29, 1.82) is 0 Å². The lowest BCUT2D eigenvalue weighted by Crippen LogP contribution is -2.28. The van der Waals surface area contributed by atoms with E-state index in [1.54, 1.807) is 42.5 Å². The van der Waals surface area contributed by atoms with Crippen molar-refractivity contribution in [2.24, 2.45) is 0 Å². The molecule has 0 unspecified atom stereocenters. The number of halogens is 2. The lowest BCUT2D eigenvalue weighted by molar-refractivity contribution is -0.143. The predicted molar refractivity (Wildman–Crippen MR) is 94.7 cm³/mol. The van der Waals surface area contributed by atoms with Crippen LogP contribution < -0.4 is 5.32 Å². The molecule has 0 aliphatic carbocycles. The number of carbonyl (C=O) groups is 2. The molecule has 0 heterocycles. The van der Waals surface area contributed by atoms with E-state index in [2.05, 4.69) is 5.32 Å². The first-order valence-electron chi connectivity index (χ1n) is 7.14. The Kier molecular flexibility index (Phi) is 6.85. The average molecular weight is 364 g/mol. The maximum absolute atomic E-state index is 11.6. The highest BCUT2D eigenvalue weighted by Crippen LogP contribution is 2.11. The van der Waals surface area contributed by atoms with E-state index in [1.165, 1.54) is 6.08 Å². The fraction of sp³-hybridized carbons (Fsp3) is 0.111. The quantitative estimate of drug-likeness (QED) is 0.626. The molecule has 1 N–H and O–H groups in total. The van der Waals surface area contributed by atoms with Crippen LogP contribution in [0, 0.1) is 0 Å². The zero-order valence-electron chi connectivity index (χ0n) is 12.7. The molecular weight excluding hydrogens is 349 g/mol. The van der Waals surface area contributed by atoms with E-state index < -0.39 is 5.97 Å². The fourth-order valence-electron chi connectivity index (χ4n) is 1.78. The Hall–Kier alpha value is -2.30. The summed E-state index contributed by atoms with van der Waals surface area (Å²) in [7, 11) is 0. The minimum absolute atomic E-state index is 0.336. The normalized spacial score (nSPS) is 10.6. The summed E-state index contributed by atoms with van der Waals surface area (Å²) in [4.78, 5) is 23.2. The second-order valence-corrected chi connectivity index (χ2v) is 5.77. The predicted octanol–water partition coefficient (Wildman–Crippen LogP) is 3.87. The Bertz CT molecular complexity index is 725. The zero-order chi connectivity index (χ0) is 17.4. The molecule has 2 aromatic carbocycles. The Labute approximate surface area is 150 Å². The Morgan fingerprint density at radius 2 is 1.54 bits per heavy atom. The van der Waals surface area contributed by atoms with Crippen molar-refractivity contribution >= 4 is 41.2 Å². The van der Waals surface area contributed by atoms with Crippen LogP contribution in [0.3, 0.4) is 0 Å². The highest BCUT2D eigenvalue weighted by Gasteiger charge is 2.05. The molecule has 0 atom stereocenters. The SMILES string of the molecule is O=C(COC(=O)/C=C/c1ccc(Cl)cc1)NCc1ccc(Cl)cc1. The summed E-state index contributed by atoms with van der Waals surface area (Å²) in [5, 5.41) is 3.90. The van der Waals surface area contributed by atoms with Gasteiger partial charge >= 0.3 is 5.97 Å². The van der Waals surface area contributed by atoms with Crippen molar-refractivity contribution in [3.63, 3.8) is 0 Å². The van der Waals surface area contributed by atoms with Gasteiger partial charge in [-0.3, -0.25) is 4.79 Å². The Morgan fingerprint density at radius 3 is 2.17 bits per heavy atom. The molecule has 4 nitrogen and oxygen atoms in total. The molecule has 0 saturated carbocycles. The number of rotatable bonds is 6. The summed E-state index contributed by atoms with van der Waals surface area (Å²) in [5.74, 6) is -0.968. The Morgan fingerprint density at radius 1 is 0.958 bits per heavy atom. The molecule has 0 spiro atoms. The minimum atomic E-state index is -0.591. The number of nitrogens with one attached hydrogen (secondary N) is 1. The number of benzene rings is 2. The highest BCUT2D eigenvalue weighted by atomic mass is 35.5. The van der Waals surface area contributed by atoms with Gasteiger partial charge in [0.15, 0.2) is 6.61 Å². The number of ether oxygens (including phenoxy) is 1. The van der Waals surface area contributed by atoms with E-state index in [9.17, 15) is 9.59 Å². The summed E-state index contributed by atoms with van der Waals surface area (Å²) in [5.41, 5.74) is 1.71. The van der Waals surface area contributed by atoms with Crippen LogP contribution in [0.2, 0.25) is 10.0 Å². The average Bonchev–Trinajstić information content (AvgIpc) is 2.59. The van der Waals surface area contributed by atoms with E-state index in [1.807, 2.05) is 12.1 Å². The Balaban J connectivity index is 1.71. The monoisotopic (exact) mass is 363 g/mol. The standard InChI is InChI=1S/C18H15Cl2NO3/c19-15-6-1-13(2-7-15)5-10-18(23)24-12-17(22)21-11-14-3-8-16(20)9-4-14/h1-10H,11-12H2,(H,21,22)/b10-5+. The van der Waals surface area contributed by atoms with E-state index >= 15 is 0 Å². The third-order valence-corrected chi connectivity index (χ3v) is 3.53. The number of amides is 1. The number of hydrogen-bond acceptors (Lipinski definition) is 3. The molecule has 2 aromatic rings. The maximum Gasteiger partial charge on any atom is 0.331 e. The van der Waals surface area contributed by atoms with Crippen LogP contribution in [0.4, 0.5) is 0 Å². The van der Waals surface area contributed by atoms with E-state index in [0.29, 0.717) is 16.6 Å². The van der Waals surface area contributed by atoms with Crippen molar-refractivity contribution in [2.45, 2.75) is 6.54 Å². The van der Waals surface area contributed by atoms with Crippen molar-refractivity contribution in [3.8, 4) is 0 Å². The third kappa shape index (κ3) is 6.44. The second-order valence-electron chi connectivity index (χ2n) is 4.90. The molecule has 124 valence electrons. The first-order chi connectivity index (χ1) is 11.5. The summed E-state index contributed by atoms with van der Waals surface area (Å²) >= 11 is 11.6. The van der Waals surface area contributed by atoms with Crippen LogP contribution in [-0.4, -0.2) is 18.5 Å². The molecule has 0 saturated heterocycles. The summed E-state index contributed by atoms with van der Waals surface area (Å²) in [6, 6.07) is 14.1. The van der Waals surface area contributed by atoms with Gasteiger partial charge in [0, 0.05) is 22.7 Å². The van der Waals surface area contributed by atoms with Gasteiger partial charge in [0.25, 0.3) is 5.91 Å². The molecule has 0 aliphatic rings. The number of hydrogen-bond donors (Lipinski definition) is 1. The third-order valence-electron chi connectivity index (χ3n) is 3.03. The molecule has 2 rings (SSSR count). The topological polar surface area (TPSA) is 55.4 Å². The second kappa shape index (κ2) is 9.11. The molecule has 24 heavy (non-hydrogen) atoms. The van der Waals surface area contributed by atoms with Gasteiger partial charge in [-0.15, -0.1) is 0 Å². The maximum atomic E-state index is 11.6. The van der Waals surface area contributed by atoms with Gasteiger partial charge in [0.05, 0.1) is 0 Å². The highest BCUT2D eigenvalue weighted by molar-refractivity contribution is 6.30. The van der Waals surface area contributed by atoms with E-state index in [-0.39, 0.29) is 12.5 Å². The molecule has 0 fully saturated rings. The lowest BCUT2D eigenvalue weighted by atomic mass is 10.2. The van der Waals surface area contributed by atoms with Crippen LogP contribution in [0.15, 0.2) is 54.6 Å². The van der Waals surface area contributed by atoms with Gasteiger partial charge in [0.2, 0.25) is 0 Å². The summed E-state index contributed by atoms with van der Waals surface area (Å²) < 4.78 is 4.87. The lowest BCUT2D eigenvalue weighted by Gasteiger charge is -2.05. The van der Waals surface area contributed by atoms with Crippen molar-refractivity contribution in [3.05, 3.63) is 75.8 Å². The first kappa shape index (κ1) is 18.0. The molecular formula is C18H15Cl2NO3. The largest absolute Gasteiger partial charge is 0.452 e. The van der Waals surface area contributed by atoms with E-state index in [0.717, 1.165) is 11.1 Å². The minimum Gasteiger partial charge on any atom is -0.452 e. The van der Waals surface area contributed by atoms with Crippen molar-refractivity contribution in [1.82, 2.24) is 5.32 Å². The molecule has 0 aliphatic heterocycles. The molecule has 0 aromatic heterocycles.